The molecule has 4 fully saturated rings. The first-order valence-corrected chi connectivity index (χ1v) is 10.9. The summed E-state index contributed by atoms with van der Waals surface area (Å²) in [6, 6.07) is 0. The van der Waals surface area contributed by atoms with E-state index in [1.54, 1.807) is 7.11 Å². The fraction of sp³-hybridized carbons (Fsp3) is 0.870. The molecule has 1 heterocycles. The molecule has 4 nitrogen and oxygen atoms in total. The van der Waals surface area contributed by atoms with Gasteiger partial charge in [-0.2, -0.15) is 0 Å². The molecule has 4 aliphatic carbocycles. The number of nitrogens with zero attached hydrogens (tertiary/aromatic N) is 1. The standard InChI is InChI=1S/C23H35NO3/c1-5-24-13-21(2)9-8-20(27-4)23(14-24)19(21)7-6-15-10-18(26-3)16-11-22(15,23)12-17(16)25/h6,16,18-20H,5,7-14H2,1-4H3/t16-,18-,19+,20-,21-,22+,23-/m0/s1. The van der Waals surface area contributed by atoms with Crippen LogP contribution in [0.1, 0.15) is 52.4 Å². The summed E-state index contributed by atoms with van der Waals surface area (Å²) in [5.74, 6) is 1.15. The maximum atomic E-state index is 13.2. The number of piperidine rings is 1. The molecule has 0 aromatic carbocycles. The van der Waals surface area contributed by atoms with Crippen LogP contribution in [0.4, 0.5) is 0 Å². The van der Waals surface area contributed by atoms with Crippen LogP contribution in [-0.4, -0.2) is 56.7 Å². The zero-order valence-corrected chi connectivity index (χ0v) is 17.4. The lowest BCUT2D eigenvalue weighted by Crippen LogP contribution is -2.72. The van der Waals surface area contributed by atoms with E-state index in [2.05, 4.69) is 24.8 Å². The summed E-state index contributed by atoms with van der Waals surface area (Å²) in [5, 5.41) is 0. The smallest absolute Gasteiger partial charge is 0.139 e. The Kier molecular flexibility index (Phi) is 4.00. The average molecular weight is 374 g/mol. The number of ketones is 1. The summed E-state index contributed by atoms with van der Waals surface area (Å²) in [4.78, 5) is 15.8. The number of methoxy groups -OCH3 is 2. The molecule has 150 valence electrons. The van der Waals surface area contributed by atoms with Crippen molar-refractivity contribution in [2.45, 2.75) is 64.6 Å². The van der Waals surface area contributed by atoms with Gasteiger partial charge in [0.1, 0.15) is 5.78 Å². The molecular formula is C23H35NO3. The first kappa shape index (κ1) is 18.3. The highest BCUT2D eigenvalue weighted by molar-refractivity contribution is 5.87. The van der Waals surface area contributed by atoms with E-state index >= 15 is 0 Å². The second-order valence-electron chi connectivity index (χ2n) is 10.3. The van der Waals surface area contributed by atoms with Crippen LogP contribution in [0.25, 0.3) is 0 Å². The molecule has 5 aliphatic rings. The Bertz CT molecular complexity index is 689. The lowest BCUT2D eigenvalue weighted by atomic mass is 9.38. The number of hydrogen-bond donors (Lipinski definition) is 0. The van der Waals surface area contributed by atoms with Crippen LogP contribution in [0.3, 0.4) is 0 Å². The van der Waals surface area contributed by atoms with Gasteiger partial charge in [-0.05, 0) is 50.0 Å². The normalized spacial score (nSPS) is 51.6. The van der Waals surface area contributed by atoms with E-state index in [0.29, 0.717) is 23.5 Å². The van der Waals surface area contributed by atoms with Gasteiger partial charge in [0, 0.05) is 50.5 Å². The zero-order chi connectivity index (χ0) is 19.0. The number of likely N-dealkylation sites (tertiary alicyclic amines) is 1. The highest BCUT2D eigenvalue weighted by Gasteiger charge is 2.73. The summed E-state index contributed by atoms with van der Waals surface area (Å²) in [7, 11) is 3.69. The molecule has 4 bridgehead atoms. The van der Waals surface area contributed by atoms with Gasteiger partial charge in [-0.15, -0.1) is 0 Å². The Hall–Kier alpha value is -0.710. The monoisotopic (exact) mass is 373 g/mol. The number of carbonyl (C=O) groups excluding carboxylic acids is 1. The Balaban J connectivity index is 1.71. The van der Waals surface area contributed by atoms with Crippen LogP contribution in [0, 0.1) is 28.1 Å². The maximum absolute atomic E-state index is 13.2. The van der Waals surface area contributed by atoms with Gasteiger partial charge in [-0.1, -0.05) is 25.5 Å². The number of rotatable bonds is 3. The van der Waals surface area contributed by atoms with Crippen LogP contribution in [0.2, 0.25) is 0 Å². The Labute approximate surface area is 163 Å². The molecule has 0 aromatic rings. The number of ether oxygens (including phenoxy) is 2. The number of carbonyl (C=O) groups is 1. The predicted octanol–water partition coefficient (Wildman–Crippen LogP) is 3.45. The van der Waals surface area contributed by atoms with Gasteiger partial charge >= 0.3 is 0 Å². The van der Waals surface area contributed by atoms with Crippen LogP contribution in [0.15, 0.2) is 11.6 Å². The van der Waals surface area contributed by atoms with Gasteiger partial charge < -0.3 is 14.4 Å². The third-order valence-electron chi connectivity index (χ3n) is 9.55. The average Bonchev–Trinajstić information content (AvgIpc) is 2.94. The molecule has 4 heteroatoms. The van der Waals surface area contributed by atoms with Gasteiger partial charge in [-0.3, -0.25) is 4.79 Å². The predicted molar refractivity (Wildman–Crippen MR) is 104 cm³/mol. The maximum Gasteiger partial charge on any atom is 0.139 e. The van der Waals surface area contributed by atoms with Crippen molar-refractivity contribution in [1.82, 2.24) is 4.90 Å². The molecule has 1 spiro atoms. The fourth-order valence-corrected chi connectivity index (χ4v) is 8.48. The minimum atomic E-state index is 0.00287. The third-order valence-corrected chi connectivity index (χ3v) is 9.55. The van der Waals surface area contributed by atoms with Crippen molar-refractivity contribution in [2.75, 3.05) is 33.9 Å². The second kappa shape index (κ2) is 5.90. The SMILES string of the molecule is CCN1C[C@]2(C)CC[C@H](OC)[C@]3(C1)[C@@H]2CC=C1C[C@H](OC)[C@H]2C[C@@]13CC2=O. The lowest BCUT2D eigenvalue weighted by Gasteiger charge is -2.71. The van der Waals surface area contributed by atoms with Crippen LogP contribution < -0.4 is 0 Å². The van der Waals surface area contributed by atoms with Crippen LogP contribution >= 0.6 is 0 Å². The summed E-state index contributed by atoms with van der Waals surface area (Å²) in [6.45, 7) is 8.19. The molecule has 0 amide bonds. The molecular weight excluding hydrogens is 338 g/mol. The third kappa shape index (κ3) is 2.08. The van der Waals surface area contributed by atoms with E-state index in [0.717, 1.165) is 38.8 Å². The summed E-state index contributed by atoms with van der Waals surface area (Å²) >= 11 is 0. The molecule has 3 saturated carbocycles. The number of allylic oxidation sites excluding steroid dienone is 1. The van der Waals surface area contributed by atoms with Crippen molar-refractivity contribution in [3.05, 3.63) is 11.6 Å². The van der Waals surface area contributed by atoms with Gasteiger partial charge in [0.2, 0.25) is 0 Å². The molecule has 0 unspecified atom stereocenters. The molecule has 1 aliphatic heterocycles. The van der Waals surface area contributed by atoms with Gasteiger partial charge in [0.15, 0.2) is 0 Å². The number of fused-ring (bicyclic) bond motifs is 1. The van der Waals surface area contributed by atoms with Crippen molar-refractivity contribution in [3.63, 3.8) is 0 Å². The summed E-state index contributed by atoms with van der Waals surface area (Å²) < 4.78 is 12.0. The minimum Gasteiger partial charge on any atom is -0.381 e. The number of hydrogen-bond acceptors (Lipinski definition) is 4. The highest BCUT2D eigenvalue weighted by atomic mass is 16.5. The quantitative estimate of drug-likeness (QED) is 0.710. The zero-order valence-electron chi connectivity index (χ0n) is 17.4. The van der Waals surface area contributed by atoms with Gasteiger partial charge in [-0.25, -0.2) is 0 Å². The van der Waals surface area contributed by atoms with Gasteiger partial charge in [0.05, 0.1) is 12.2 Å². The van der Waals surface area contributed by atoms with Crippen LogP contribution in [-0.2, 0) is 14.3 Å². The molecule has 0 N–H and O–H groups in total. The number of Topliss-reactive ketones (excluding diaryl/α,β-unsaturated/α-hetero) is 1. The van der Waals surface area contributed by atoms with E-state index in [9.17, 15) is 4.79 Å². The lowest BCUT2D eigenvalue weighted by molar-refractivity contribution is -0.233. The Morgan fingerprint density at radius 1 is 1.26 bits per heavy atom. The van der Waals surface area contributed by atoms with E-state index in [1.165, 1.54) is 18.5 Å². The van der Waals surface area contributed by atoms with Crippen molar-refractivity contribution in [2.24, 2.45) is 28.1 Å². The van der Waals surface area contributed by atoms with Crippen molar-refractivity contribution in [1.29, 1.82) is 0 Å². The van der Waals surface area contributed by atoms with E-state index in [-0.39, 0.29) is 29.0 Å². The first-order valence-electron chi connectivity index (χ1n) is 10.9. The molecule has 0 radical (unpaired) electrons. The topological polar surface area (TPSA) is 38.8 Å². The van der Waals surface area contributed by atoms with E-state index < -0.39 is 0 Å². The molecule has 5 rings (SSSR count). The van der Waals surface area contributed by atoms with Crippen molar-refractivity contribution >= 4 is 5.78 Å². The fourth-order valence-electron chi connectivity index (χ4n) is 8.48. The van der Waals surface area contributed by atoms with Gasteiger partial charge in [0.25, 0.3) is 0 Å². The molecule has 0 aromatic heterocycles. The molecule has 7 atom stereocenters. The molecule has 1 saturated heterocycles. The van der Waals surface area contributed by atoms with E-state index in [4.69, 9.17) is 9.47 Å². The molecule has 27 heavy (non-hydrogen) atoms. The Morgan fingerprint density at radius 2 is 2.07 bits per heavy atom. The minimum absolute atomic E-state index is 0.00287. The van der Waals surface area contributed by atoms with Crippen molar-refractivity contribution < 1.29 is 14.3 Å². The largest absolute Gasteiger partial charge is 0.381 e. The second-order valence-corrected chi connectivity index (χ2v) is 10.3. The first-order chi connectivity index (χ1) is 12.9. The summed E-state index contributed by atoms with van der Waals surface area (Å²) in [6.07, 6.45) is 9.05. The highest BCUT2D eigenvalue weighted by Crippen LogP contribution is 2.74. The summed E-state index contributed by atoms with van der Waals surface area (Å²) in [5.41, 5.74) is 1.94. The van der Waals surface area contributed by atoms with Crippen LogP contribution in [0.5, 0.6) is 0 Å². The van der Waals surface area contributed by atoms with Crippen molar-refractivity contribution in [3.8, 4) is 0 Å². The van der Waals surface area contributed by atoms with E-state index in [1.807, 2.05) is 7.11 Å². The Morgan fingerprint density at radius 3 is 2.78 bits per heavy atom.